The van der Waals surface area contributed by atoms with Gasteiger partial charge in [0.2, 0.25) is 0 Å². The first-order valence-corrected chi connectivity index (χ1v) is 11.0. The highest BCUT2D eigenvalue weighted by atomic mass is 32.2. The van der Waals surface area contributed by atoms with Crippen LogP contribution >= 0.6 is 11.3 Å². The molecule has 27 heavy (non-hydrogen) atoms. The van der Waals surface area contributed by atoms with Gasteiger partial charge in [0.15, 0.2) is 6.10 Å². The lowest BCUT2D eigenvalue weighted by Crippen LogP contribution is -2.36. The lowest BCUT2D eigenvalue weighted by Gasteiger charge is -2.25. The molecule has 142 valence electrons. The Morgan fingerprint density at radius 1 is 1.33 bits per heavy atom. The van der Waals surface area contributed by atoms with Gasteiger partial charge in [0, 0.05) is 4.88 Å². The molecule has 0 saturated heterocycles. The topological polar surface area (TPSA) is 102 Å². The Kier molecular flexibility index (Phi) is 4.43. The van der Waals surface area contributed by atoms with Crippen molar-refractivity contribution in [3.8, 4) is 5.75 Å². The summed E-state index contributed by atoms with van der Waals surface area (Å²) in [5.74, 6) is -0.559. The molecule has 0 saturated carbocycles. The maximum absolute atomic E-state index is 12.6. The fourth-order valence-electron chi connectivity index (χ4n) is 3.24. The number of rotatable bonds is 4. The number of aryl methyl sites for hydroxylation is 2. The summed E-state index contributed by atoms with van der Waals surface area (Å²) in [5, 5.41) is 2.65. The molecule has 0 fully saturated rings. The Bertz CT molecular complexity index is 1020. The van der Waals surface area contributed by atoms with Crippen LogP contribution < -0.4 is 14.8 Å². The fourth-order valence-corrected chi connectivity index (χ4v) is 5.44. The van der Waals surface area contributed by atoms with Gasteiger partial charge in [-0.15, -0.1) is 11.3 Å². The van der Waals surface area contributed by atoms with Crippen LogP contribution in [0.2, 0.25) is 0 Å². The van der Waals surface area contributed by atoms with E-state index in [1.54, 1.807) is 6.07 Å². The highest BCUT2D eigenvalue weighted by Crippen LogP contribution is 2.33. The zero-order chi connectivity index (χ0) is 19.2. The average Bonchev–Trinajstić information content (AvgIpc) is 3.22. The van der Waals surface area contributed by atoms with Crippen molar-refractivity contribution < 1.29 is 22.7 Å². The van der Waals surface area contributed by atoms with Crippen molar-refractivity contribution in [2.75, 3.05) is 5.32 Å². The second kappa shape index (κ2) is 6.65. The Morgan fingerprint density at radius 3 is 2.89 bits per heavy atom. The first kappa shape index (κ1) is 18.0. The Balaban J connectivity index is 1.56. The molecule has 2 heterocycles. The van der Waals surface area contributed by atoms with E-state index in [1.807, 2.05) is 6.92 Å². The van der Waals surface area contributed by atoms with Crippen molar-refractivity contribution in [3.05, 3.63) is 39.6 Å². The monoisotopic (exact) mass is 406 g/mol. The van der Waals surface area contributed by atoms with E-state index in [-0.39, 0.29) is 16.5 Å². The van der Waals surface area contributed by atoms with Gasteiger partial charge in [0.1, 0.15) is 5.75 Å². The van der Waals surface area contributed by atoms with Gasteiger partial charge >= 0.3 is 0 Å². The molecular formula is C18H18N2O5S2. The minimum atomic E-state index is -4.07. The summed E-state index contributed by atoms with van der Waals surface area (Å²) < 4.78 is 32.9. The summed E-state index contributed by atoms with van der Waals surface area (Å²) in [5.41, 5.74) is 1.40. The lowest BCUT2D eigenvalue weighted by molar-refractivity contribution is -0.123. The summed E-state index contributed by atoms with van der Waals surface area (Å²) in [4.78, 5) is 25.7. The molecule has 2 aliphatic rings. The van der Waals surface area contributed by atoms with Gasteiger partial charge in [-0.3, -0.25) is 9.59 Å². The van der Waals surface area contributed by atoms with Crippen LogP contribution in [0.5, 0.6) is 5.75 Å². The predicted molar refractivity (Wildman–Crippen MR) is 101 cm³/mol. The second-order valence-corrected chi connectivity index (χ2v) is 9.33. The molecule has 2 amide bonds. The number of hydrogen-bond donors (Lipinski definition) is 2. The van der Waals surface area contributed by atoms with E-state index in [4.69, 9.17) is 4.74 Å². The Hall–Kier alpha value is -2.39. The third kappa shape index (κ3) is 3.32. The van der Waals surface area contributed by atoms with Crippen molar-refractivity contribution in [1.29, 1.82) is 0 Å². The molecule has 1 atom stereocenters. The third-order valence-electron chi connectivity index (χ3n) is 4.65. The zero-order valence-electron chi connectivity index (χ0n) is 14.6. The molecule has 0 spiro atoms. The number of carbonyl (C=O) groups excluding carboxylic acids is 2. The van der Waals surface area contributed by atoms with Crippen LogP contribution in [-0.4, -0.2) is 26.3 Å². The normalized spacial score (nSPS) is 18.3. The van der Waals surface area contributed by atoms with Gasteiger partial charge in [0.05, 0.1) is 15.5 Å². The lowest BCUT2D eigenvalue weighted by atomic mass is 10.2. The van der Waals surface area contributed by atoms with E-state index in [2.05, 4.69) is 10.0 Å². The third-order valence-corrected chi connectivity index (χ3v) is 7.21. The first-order chi connectivity index (χ1) is 12.9. The minimum absolute atomic E-state index is 0.113. The van der Waals surface area contributed by atoms with Gasteiger partial charge in [0.25, 0.3) is 21.8 Å². The number of ether oxygens (including phenoxy) is 1. The molecular weight excluding hydrogens is 388 g/mol. The van der Waals surface area contributed by atoms with Gasteiger partial charge in [-0.2, -0.15) is 0 Å². The van der Waals surface area contributed by atoms with E-state index in [9.17, 15) is 18.0 Å². The largest absolute Gasteiger partial charge is 0.478 e. The number of amides is 2. The summed E-state index contributed by atoms with van der Waals surface area (Å²) in [6, 6.07) is 5.90. The maximum atomic E-state index is 12.6. The zero-order valence-corrected chi connectivity index (χ0v) is 16.2. The van der Waals surface area contributed by atoms with Crippen LogP contribution in [0.3, 0.4) is 0 Å². The number of benzene rings is 1. The van der Waals surface area contributed by atoms with Crippen molar-refractivity contribution in [3.63, 3.8) is 0 Å². The number of anilines is 1. The first-order valence-electron chi connectivity index (χ1n) is 8.67. The van der Waals surface area contributed by atoms with Crippen LogP contribution in [0.25, 0.3) is 0 Å². The van der Waals surface area contributed by atoms with Crippen LogP contribution in [0.1, 0.15) is 39.9 Å². The molecule has 1 aromatic heterocycles. The molecule has 1 aliphatic heterocycles. The van der Waals surface area contributed by atoms with Gasteiger partial charge in [-0.25, -0.2) is 13.1 Å². The minimum Gasteiger partial charge on any atom is -0.478 e. The molecule has 0 radical (unpaired) electrons. The maximum Gasteiger partial charge on any atom is 0.275 e. The second-order valence-electron chi connectivity index (χ2n) is 6.51. The van der Waals surface area contributed by atoms with Crippen LogP contribution in [0.4, 0.5) is 5.69 Å². The number of carbonyl (C=O) groups is 2. The predicted octanol–water partition coefficient (Wildman–Crippen LogP) is 2.47. The van der Waals surface area contributed by atoms with Crippen LogP contribution in [0.15, 0.2) is 29.2 Å². The Labute approximate surface area is 160 Å². The van der Waals surface area contributed by atoms with E-state index in [0.29, 0.717) is 17.0 Å². The summed E-state index contributed by atoms with van der Waals surface area (Å²) in [6.07, 6.45) is 2.84. The van der Waals surface area contributed by atoms with E-state index < -0.39 is 22.0 Å². The number of thiophene rings is 1. The SMILES string of the molecule is CC[C@H]1Oc2ccc(S(=O)(=O)NC(=O)c3cc4c(s3)CCC4)cc2NC1=O. The summed E-state index contributed by atoms with van der Waals surface area (Å²) in [7, 11) is -4.07. The number of nitrogens with one attached hydrogen (secondary N) is 2. The van der Waals surface area contributed by atoms with Crippen LogP contribution in [0, 0.1) is 0 Å². The quantitative estimate of drug-likeness (QED) is 0.812. The van der Waals surface area contributed by atoms with Gasteiger partial charge < -0.3 is 10.1 Å². The number of sulfonamides is 1. The van der Waals surface area contributed by atoms with E-state index in [1.165, 1.54) is 29.5 Å². The molecule has 2 aromatic rings. The highest BCUT2D eigenvalue weighted by molar-refractivity contribution is 7.90. The molecule has 7 nitrogen and oxygen atoms in total. The highest BCUT2D eigenvalue weighted by Gasteiger charge is 2.28. The molecule has 4 rings (SSSR count). The molecule has 0 unspecified atom stereocenters. The van der Waals surface area contributed by atoms with E-state index >= 15 is 0 Å². The van der Waals surface area contributed by atoms with Crippen molar-refractivity contribution >= 4 is 38.9 Å². The smallest absolute Gasteiger partial charge is 0.275 e. The van der Waals surface area contributed by atoms with Gasteiger partial charge in [-0.05, 0) is 55.5 Å². The number of hydrogen-bond acceptors (Lipinski definition) is 6. The molecule has 2 N–H and O–H groups in total. The molecule has 1 aromatic carbocycles. The molecule has 9 heteroatoms. The van der Waals surface area contributed by atoms with Crippen molar-refractivity contribution in [2.24, 2.45) is 0 Å². The number of fused-ring (bicyclic) bond motifs is 2. The van der Waals surface area contributed by atoms with Crippen molar-refractivity contribution in [1.82, 2.24) is 4.72 Å². The fraction of sp³-hybridized carbons (Fsp3) is 0.333. The average molecular weight is 406 g/mol. The van der Waals surface area contributed by atoms with Crippen LogP contribution in [-0.2, 0) is 27.7 Å². The molecule has 1 aliphatic carbocycles. The Morgan fingerprint density at radius 2 is 2.15 bits per heavy atom. The molecule has 0 bridgehead atoms. The van der Waals surface area contributed by atoms with Crippen molar-refractivity contribution in [2.45, 2.75) is 43.6 Å². The summed E-state index contributed by atoms with van der Waals surface area (Å²) in [6.45, 7) is 1.82. The van der Waals surface area contributed by atoms with Gasteiger partial charge in [-0.1, -0.05) is 6.92 Å². The standard InChI is InChI=1S/C18H18N2O5S2/c1-2-13-17(21)19-12-9-11(6-7-14(12)25-13)27(23,24)20-18(22)16-8-10-4-3-5-15(10)26-16/h6-9,13H,2-5H2,1H3,(H,19,21)(H,20,22)/t13-/m1/s1. The summed E-state index contributed by atoms with van der Waals surface area (Å²) >= 11 is 1.34. The van der Waals surface area contributed by atoms with E-state index in [0.717, 1.165) is 29.7 Å².